The quantitative estimate of drug-likeness (QED) is 0.417. The Balaban J connectivity index is 1.59. The molecule has 192 valence electrons. The minimum atomic E-state index is -2.99. The van der Waals surface area contributed by atoms with E-state index in [0.717, 1.165) is 47.5 Å². The number of hydroxylamine groups is 1. The first-order chi connectivity index (χ1) is 17.1. The van der Waals surface area contributed by atoms with Crippen LogP contribution in [0.4, 0.5) is 14.5 Å². The highest BCUT2D eigenvalue weighted by molar-refractivity contribution is 6.67. The number of amides is 1. The standard InChI is InChI=1S/C27H32F2N4O3/c1-5-27(28,29)20-7-6-8-21(16-20)31-26(34)24-17(2)30-25(33(24)35)19-9-10-23(36-4)22(15-19)18-11-13-32(3)14-12-18/h6-10,15-16,18,25H,5,11-14H2,1-4H3,(H-,30,31,34,35)/p+1. The summed E-state index contributed by atoms with van der Waals surface area (Å²) in [7, 11) is 3.75. The molecule has 1 unspecified atom stereocenters. The molecule has 1 atom stereocenters. The zero-order valence-electron chi connectivity index (χ0n) is 21.1. The lowest BCUT2D eigenvalue weighted by atomic mass is 9.87. The second-order valence-corrected chi connectivity index (χ2v) is 9.45. The molecule has 0 saturated carbocycles. The van der Waals surface area contributed by atoms with Crippen molar-refractivity contribution in [3.63, 3.8) is 0 Å². The Bertz CT molecular complexity index is 1200. The number of benzene rings is 2. The Morgan fingerprint density at radius 3 is 2.64 bits per heavy atom. The maximum atomic E-state index is 14.1. The van der Waals surface area contributed by atoms with Gasteiger partial charge >= 0.3 is 17.8 Å². The van der Waals surface area contributed by atoms with Gasteiger partial charge in [0.25, 0.3) is 5.92 Å². The van der Waals surface area contributed by atoms with Gasteiger partial charge < -0.3 is 15.0 Å². The lowest BCUT2D eigenvalue weighted by Gasteiger charge is -2.30. The van der Waals surface area contributed by atoms with Crippen LogP contribution < -0.4 is 10.1 Å². The largest absolute Gasteiger partial charge is 0.496 e. The van der Waals surface area contributed by atoms with E-state index in [0.29, 0.717) is 11.6 Å². The number of hydrogen-bond acceptors (Lipinski definition) is 5. The molecule has 0 aliphatic carbocycles. The molecular formula is C27H33F2N4O3+. The highest BCUT2D eigenvalue weighted by Crippen LogP contribution is 2.37. The average Bonchev–Trinajstić information content (AvgIpc) is 3.18. The Labute approximate surface area is 210 Å². The Morgan fingerprint density at radius 2 is 1.97 bits per heavy atom. The van der Waals surface area contributed by atoms with Crippen LogP contribution in [0.25, 0.3) is 0 Å². The molecule has 1 saturated heterocycles. The Hall–Kier alpha value is -3.33. The second kappa shape index (κ2) is 10.3. The van der Waals surface area contributed by atoms with Crippen molar-refractivity contribution in [1.82, 2.24) is 4.90 Å². The third kappa shape index (κ3) is 5.11. The third-order valence-electron chi connectivity index (χ3n) is 7.03. The van der Waals surface area contributed by atoms with E-state index in [1.165, 1.54) is 31.2 Å². The monoisotopic (exact) mass is 499 g/mol. The summed E-state index contributed by atoms with van der Waals surface area (Å²) >= 11 is 0. The molecule has 2 heterocycles. The summed E-state index contributed by atoms with van der Waals surface area (Å²) in [6, 6.07) is 11.3. The number of piperidine rings is 1. The molecule has 2 aromatic rings. The normalized spacial score (nSPS) is 19.4. The summed E-state index contributed by atoms with van der Waals surface area (Å²) in [5.74, 6) is -2.49. The van der Waals surface area contributed by atoms with Crippen LogP contribution in [0, 0.1) is 0 Å². The number of methoxy groups -OCH3 is 1. The first-order valence-electron chi connectivity index (χ1n) is 12.2. The van der Waals surface area contributed by atoms with Crippen molar-refractivity contribution in [1.29, 1.82) is 0 Å². The minimum Gasteiger partial charge on any atom is -0.496 e. The van der Waals surface area contributed by atoms with E-state index >= 15 is 0 Å². The summed E-state index contributed by atoms with van der Waals surface area (Å²) in [4.78, 5) is 19.9. The number of anilines is 1. The highest BCUT2D eigenvalue weighted by atomic mass is 19.3. The zero-order chi connectivity index (χ0) is 26.0. The van der Waals surface area contributed by atoms with Gasteiger partial charge in [-0.15, -0.1) is 0 Å². The Morgan fingerprint density at radius 1 is 1.25 bits per heavy atom. The summed E-state index contributed by atoms with van der Waals surface area (Å²) in [6.45, 7) is 5.03. The van der Waals surface area contributed by atoms with Crippen molar-refractivity contribution in [3.05, 3.63) is 59.2 Å². The summed E-state index contributed by atoms with van der Waals surface area (Å²) < 4.78 is 34.7. The highest BCUT2D eigenvalue weighted by Gasteiger charge is 2.41. The van der Waals surface area contributed by atoms with Crippen molar-refractivity contribution in [2.45, 2.75) is 51.1 Å². The maximum Gasteiger partial charge on any atom is 0.338 e. The van der Waals surface area contributed by atoms with E-state index in [1.54, 1.807) is 14.0 Å². The minimum absolute atomic E-state index is 0.0238. The van der Waals surface area contributed by atoms with Gasteiger partial charge in [0.2, 0.25) is 0 Å². The van der Waals surface area contributed by atoms with Gasteiger partial charge in [-0.2, -0.15) is 0 Å². The number of carbonyl (C=O) groups is 1. The molecule has 7 nitrogen and oxygen atoms in total. The fourth-order valence-corrected chi connectivity index (χ4v) is 4.84. The van der Waals surface area contributed by atoms with Crippen LogP contribution >= 0.6 is 0 Å². The van der Waals surface area contributed by atoms with E-state index in [2.05, 4.69) is 22.3 Å². The van der Waals surface area contributed by atoms with Crippen LogP contribution in [-0.2, 0) is 10.7 Å². The summed E-state index contributed by atoms with van der Waals surface area (Å²) in [5, 5.41) is 13.6. The number of nitrogens with one attached hydrogen (secondary N) is 1. The Kier molecular flexibility index (Phi) is 7.40. The molecule has 0 spiro atoms. The van der Waals surface area contributed by atoms with Crippen LogP contribution in [0.15, 0.2) is 47.5 Å². The van der Waals surface area contributed by atoms with Crippen molar-refractivity contribution in [2.75, 3.05) is 32.6 Å². The maximum absolute atomic E-state index is 14.1. The first-order valence-corrected chi connectivity index (χ1v) is 12.2. The molecule has 2 aliphatic heterocycles. The number of carbonyl (C=O) groups excluding carboxylic acids is 1. The molecule has 9 heteroatoms. The molecule has 0 radical (unpaired) electrons. The van der Waals surface area contributed by atoms with Crippen LogP contribution in [-0.4, -0.2) is 59.4 Å². The second-order valence-electron chi connectivity index (χ2n) is 9.45. The predicted molar refractivity (Wildman–Crippen MR) is 135 cm³/mol. The number of nitrogens with zero attached hydrogens (tertiary/aromatic N) is 3. The van der Waals surface area contributed by atoms with E-state index in [9.17, 15) is 18.8 Å². The van der Waals surface area contributed by atoms with Gasteiger partial charge in [-0.25, -0.2) is 13.8 Å². The molecule has 1 amide bonds. The van der Waals surface area contributed by atoms with Gasteiger partial charge in [-0.1, -0.05) is 19.1 Å². The zero-order valence-corrected chi connectivity index (χ0v) is 21.1. The molecular weight excluding hydrogens is 466 g/mol. The molecule has 4 rings (SSSR count). The third-order valence-corrected chi connectivity index (χ3v) is 7.03. The van der Waals surface area contributed by atoms with Crippen LogP contribution in [0.5, 0.6) is 5.75 Å². The molecule has 0 aromatic heterocycles. The van der Waals surface area contributed by atoms with Gasteiger partial charge in [0.1, 0.15) is 11.5 Å². The predicted octanol–water partition coefficient (Wildman–Crippen LogP) is 4.96. The molecule has 2 aromatic carbocycles. The van der Waals surface area contributed by atoms with E-state index in [-0.39, 0.29) is 23.4 Å². The van der Waals surface area contributed by atoms with Gasteiger partial charge in [-0.05, 0) is 81.7 Å². The number of likely N-dealkylation sites (tertiary alicyclic amines) is 1. The number of alkyl halides is 2. The number of aliphatic imine (C=N–C) groups is 1. The first kappa shape index (κ1) is 25.8. The molecule has 36 heavy (non-hydrogen) atoms. The fourth-order valence-electron chi connectivity index (χ4n) is 4.84. The lowest BCUT2D eigenvalue weighted by Crippen LogP contribution is -2.33. The molecule has 2 aliphatic rings. The van der Waals surface area contributed by atoms with E-state index in [4.69, 9.17) is 4.74 Å². The van der Waals surface area contributed by atoms with Crippen molar-refractivity contribution in [3.8, 4) is 5.75 Å². The SMILES string of the molecule is CCC(F)(F)c1cccc(NC(=O)C2=[N+](O)C(c3ccc(OC)c(C4CCN(C)CC4)c3)N=C2C)c1. The summed E-state index contributed by atoms with van der Waals surface area (Å²) in [5.41, 5.74) is 2.17. The molecule has 1 fully saturated rings. The smallest absolute Gasteiger partial charge is 0.338 e. The summed E-state index contributed by atoms with van der Waals surface area (Å²) in [6.07, 6.45) is 0.864. The van der Waals surface area contributed by atoms with Gasteiger partial charge in [-0.3, -0.25) is 10.0 Å². The number of ether oxygens (including phenoxy) is 1. The topological polar surface area (TPSA) is 77.2 Å². The van der Waals surface area contributed by atoms with E-state index < -0.39 is 18.0 Å². The van der Waals surface area contributed by atoms with Crippen LogP contribution in [0.2, 0.25) is 0 Å². The fraction of sp³-hybridized carbons (Fsp3) is 0.444. The lowest BCUT2D eigenvalue weighted by molar-refractivity contribution is -0.799. The van der Waals surface area contributed by atoms with Crippen LogP contribution in [0.3, 0.4) is 0 Å². The van der Waals surface area contributed by atoms with Crippen LogP contribution in [0.1, 0.15) is 61.9 Å². The molecule has 0 bridgehead atoms. The average molecular weight is 500 g/mol. The molecule has 2 N–H and O–H groups in total. The van der Waals surface area contributed by atoms with Crippen molar-refractivity contribution >= 4 is 23.0 Å². The van der Waals surface area contributed by atoms with Crippen molar-refractivity contribution < 1.29 is 28.3 Å². The van der Waals surface area contributed by atoms with Gasteiger partial charge in [0, 0.05) is 28.0 Å². The number of halogens is 2. The van der Waals surface area contributed by atoms with Gasteiger partial charge in [0.05, 0.1) is 7.11 Å². The van der Waals surface area contributed by atoms with Gasteiger partial charge in [0.15, 0.2) is 0 Å². The van der Waals surface area contributed by atoms with E-state index in [1.807, 2.05) is 18.2 Å². The van der Waals surface area contributed by atoms with Crippen molar-refractivity contribution in [2.24, 2.45) is 4.99 Å². The number of hydrogen-bond donors (Lipinski definition) is 2. The number of rotatable bonds is 7.